The molecule has 122 valence electrons. The van der Waals surface area contributed by atoms with Gasteiger partial charge in [0.1, 0.15) is 0 Å². The lowest BCUT2D eigenvalue weighted by Crippen LogP contribution is -2.24. The molecule has 2 rings (SSSR count). The van der Waals surface area contributed by atoms with E-state index in [-0.39, 0.29) is 17.0 Å². The van der Waals surface area contributed by atoms with E-state index in [4.69, 9.17) is 28.9 Å². The van der Waals surface area contributed by atoms with Crippen LogP contribution in [0.15, 0.2) is 41.3 Å². The second kappa shape index (κ2) is 6.88. The summed E-state index contributed by atoms with van der Waals surface area (Å²) >= 11 is 11.8. The maximum atomic E-state index is 12.3. The van der Waals surface area contributed by atoms with Crippen LogP contribution in [0.25, 0.3) is 0 Å². The monoisotopic (exact) mass is 372 g/mol. The molecule has 1 amide bonds. The summed E-state index contributed by atoms with van der Waals surface area (Å²) in [5.41, 5.74) is 6.60. The molecule has 0 aliphatic heterocycles. The molecule has 0 aromatic heterocycles. The van der Waals surface area contributed by atoms with Crippen LogP contribution in [0.5, 0.6) is 0 Å². The Morgan fingerprint density at radius 1 is 1.17 bits per heavy atom. The van der Waals surface area contributed by atoms with E-state index in [0.29, 0.717) is 21.2 Å². The predicted octanol–water partition coefficient (Wildman–Crippen LogP) is 2.88. The second-order valence-corrected chi connectivity index (χ2v) is 7.51. The number of aryl methyl sites for hydroxylation is 1. The van der Waals surface area contributed by atoms with E-state index in [1.165, 1.54) is 24.3 Å². The fourth-order valence-corrected chi connectivity index (χ4v) is 3.46. The molecule has 0 aliphatic carbocycles. The Hall–Kier alpha value is -1.60. The van der Waals surface area contributed by atoms with E-state index in [9.17, 15) is 13.2 Å². The lowest BCUT2D eigenvalue weighted by atomic mass is 10.1. The number of halogens is 2. The summed E-state index contributed by atoms with van der Waals surface area (Å²) in [7, 11) is -3.81. The van der Waals surface area contributed by atoms with Crippen LogP contribution >= 0.6 is 23.2 Å². The van der Waals surface area contributed by atoms with Crippen molar-refractivity contribution in [2.75, 3.05) is 0 Å². The average Bonchev–Trinajstić information content (AvgIpc) is 2.46. The molecule has 0 heterocycles. The van der Waals surface area contributed by atoms with Gasteiger partial charge in [0, 0.05) is 22.2 Å². The molecule has 0 unspecified atom stereocenters. The molecule has 23 heavy (non-hydrogen) atoms. The minimum absolute atomic E-state index is 0.00187. The van der Waals surface area contributed by atoms with E-state index < -0.39 is 15.9 Å². The summed E-state index contributed by atoms with van der Waals surface area (Å²) in [5.74, 6) is -0.680. The van der Waals surface area contributed by atoms with Crippen molar-refractivity contribution in [2.45, 2.75) is 18.4 Å². The zero-order chi connectivity index (χ0) is 17.2. The van der Waals surface area contributed by atoms with E-state index in [0.717, 1.165) is 0 Å². The van der Waals surface area contributed by atoms with Crippen LogP contribution in [0.2, 0.25) is 10.0 Å². The molecule has 5 nitrogen and oxygen atoms in total. The van der Waals surface area contributed by atoms with Crippen LogP contribution in [0.3, 0.4) is 0 Å². The van der Waals surface area contributed by atoms with Crippen molar-refractivity contribution < 1.29 is 13.2 Å². The molecule has 0 aliphatic rings. The van der Waals surface area contributed by atoms with Crippen molar-refractivity contribution in [1.29, 1.82) is 0 Å². The molecular weight excluding hydrogens is 359 g/mol. The number of hydrogen-bond acceptors (Lipinski definition) is 3. The number of carbonyl (C=O) groups is 1. The molecule has 0 saturated heterocycles. The van der Waals surface area contributed by atoms with Gasteiger partial charge < -0.3 is 5.73 Å². The largest absolute Gasteiger partial charge is 0.366 e. The topological polar surface area (TPSA) is 89.3 Å². The normalized spacial score (nSPS) is 11.4. The summed E-state index contributed by atoms with van der Waals surface area (Å²) in [6.45, 7) is 1.68. The molecule has 2 aromatic carbocycles. The number of hydrogen-bond donors (Lipinski definition) is 2. The minimum Gasteiger partial charge on any atom is -0.366 e. The van der Waals surface area contributed by atoms with Crippen LogP contribution in [0.1, 0.15) is 21.5 Å². The van der Waals surface area contributed by atoms with Gasteiger partial charge in [-0.25, -0.2) is 13.1 Å². The van der Waals surface area contributed by atoms with Crippen molar-refractivity contribution in [3.05, 3.63) is 63.1 Å². The second-order valence-electron chi connectivity index (χ2n) is 4.90. The number of nitrogens with two attached hydrogens (primary N) is 1. The van der Waals surface area contributed by atoms with Crippen molar-refractivity contribution >= 4 is 39.1 Å². The van der Waals surface area contributed by atoms with Gasteiger partial charge in [-0.2, -0.15) is 0 Å². The van der Waals surface area contributed by atoms with Gasteiger partial charge in [-0.15, -0.1) is 0 Å². The Morgan fingerprint density at radius 3 is 2.48 bits per heavy atom. The fourth-order valence-electron chi connectivity index (χ4n) is 1.95. The molecule has 0 fully saturated rings. The third-order valence-electron chi connectivity index (χ3n) is 3.25. The third kappa shape index (κ3) is 4.23. The molecule has 0 spiro atoms. The van der Waals surface area contributed by atoms with Gasteiger partial charge in [0.2, 0.25) is 15.9 Å². The van der Waals surface area contributed by atoms with Gasteiger partial charge in [0.15, 0.2) is 0 Å². The van der Waals surface area contributed by atoms with E-state index in [2.05, 4.69) is 4.72 Å². The van der Waals surface area contributed by atoms with E-state index in [1.54, 1.807) is 19.1 Å². The number of rotatable bonds is 5. The van der Waals surface area contributed by atoms with Gasteiger partial charge in [0.05, 0.1) is 4.90 Å². The highest BCUT2D eigenvalue weighted by atomic mass is 35.5. The molecular formula is C15H14Cl2N2O3S. The number of benzene rings is 2. The molecule has 3 N–H and O–H groups in total. The van der Waals surface area contributed by atoms with Crippen molar-refractivity contribution in [1.82, 2.24) is 4.72 Å². The van der Waals surface area contributed by atoms with Gasteiger partial charge in [-0.1, -0.05) is 35.3 Å². The Morgan fingerprint density at radius 2 is 1.87 bits per heavy atom. The van der Waals surface area contributed by atoms with Crippen molar-refractivity contribution in [2.24, 2.45) is 5.73 Å². The first-order valence-electron chi connectivity index (χ1n) is 6.55. The summed E-state index contributed by atoms with van der Waals surface area (Å²) < 4.78 is 27.1. The van der Waals surface area contributed by atoms with E-state index in [1.807, 2.05) is 0 Å². The van der Waals surface area contributed by atoms with Crippen molar-refractivity contribution in [3.8, 4) is 0 Å². The zero-order valence-corrected chi connectivity index (χ0v) is 14.5. The Bertz CT molecular complexity index is 867. The number of primary amides is 1. The SMILES string of the molecule is Cc1ccc(S(=O)(=O)NCc2ccc(Cl)cc2Cl)cc1C(N)=O. The average molecular weight is 373 g/mol. The van der Waals surface area contributed by atoms with Crippen molar-refractivity contribution in [3.63, 3.8) is 0 Å². The first-order valence-corrected chi connectivity index (χ1v) is 8.78. The number of amides is 1. The maximum absolute atomic E-state index is 12.3. The molecule has 0 atom stereocenters. The predicted molar refractivity (Wildman–Crippen MR) is 90.2 cm³/mol. The van der Waals surface area contributed by atoms with Crippen LogP contribution in [0.4, 0.5) is 0 Å². The summed E-state index contributed by atoms with van der Waals surface area (Å²) in [6.07, 6.45) is 0. The van der Waals surface area contributed by atoms with E-state index >= 15 is 0 Å². The third-order valence-corrected chi connectivity index (χ3v) is 5.24. The smallest absolute Gasteiger partial charge is 0.249 e. The fraction of sp³-hybridized carbons (Fsp3) is 0.133. The first kappa shape index (κ1) is 17.7. The van der Waals surface area contributed by atoms with Gasteiger partial charge in [0.25, 0.3) is 0 Å². The summed E-state index contributed by atoms with van der Waals surface area (Å²) in [6, 6.07) is 8.98. The minimum atomic E-state index is -3.81. The van der Waals surface area contributed by atoms with Crippen LogP contribution in [0, 0.1) is 6.92 Å². The van der Waals surface area contributed by atoms with Gasteiger partial charge >= 0.3 is 0 Å². The zero-order valence-electron chi connectivity index (χ0n) is 12.1. The number of sulfonamides is 1. The first-order chi connectivity index (χ1) is 10.7. The molecule has 0 bridgehead atoms. The highest BCUT2D eigenvalue weighted by molar-refractivity contribution is 7.89. The Kier molecular flexibility index (Phi) is 5.31. The van der Waals surface area contributed by atoms with Gasteiger partial charge in [-0.05, 0) is 42.3 Å². The molecule has 0 saturated carbocycles. The highest BCUT2D eigenvalue weighted by Gasteiger charge is 2.17. The van der Waals surface area contributed by atoms with Crippen LogP contribution < -0.4 is 10.5 Å². The van der Waals surface area contributed by atoms with Crippen LogP contribution in [-0.2, 0) is 16.6 Å². The highest BCUT2D eigenvalue weighted by Crippen LogP contribution is 2.22. The lowest BCUT2D eigenvalue weighted by Gasteiger charge is -2.10. The standard InChI is InChI=1S/C15H14Cl2N2O3S/c1-9-2-5-12(7-13(9)15(18)20)23(21,22)19-8-10-3-4-11(16)6-14(10)17/h2-7,19H,8H2,1H3,(H2,18,20). The molecule has 0 radical (unpaired) electrons. The quantitative estimate of drug-likeness (QED) is 0.845. The molecule has 2 aromatic rings. The summed E-state index contributed by atoms with van der Waals surface area (Å²) in [4.78, 5) is 11.3. The maximum Gasteiger partial charge on any atom is 0.249 e. The number of carbonyl (C=O) groups excluding carboxylic acids is 1. The van der Waals surface area contributed by atoms with Gasteiger partial charge in [-0.3, -0.25) is 4.79 Å². The lowest BCUT2D eigenvalue weighted by molar-refractivity contribution is 0.0999. The Balaban J connectivity index is 2.25. The molecule has 8 heteroatoms. The Labute approximate surface area is 144 Å². The summed E-state index contributed by atoms with van der Waals surface area (Å²) in [5, 5.41) is 0.827. The van der Waals surface area contributed by atoms with Crippen LogP contribution in [-0.4, -0.2) is 14.3 Å². The number of nitrogens with one attached hydrogen (secondary N) is 1.